The van der Waals surface area contributed by atoms with Gasteiger partial charge in [0.25, 0.3) is 0 Å². The number of rotatable bonds is 2. The van der Waals surface area contributed by atoms with Crippen LogP contribution in [0, 0.1) is 0 Å². The first-order valence-electron chi connectivity index (χ1n) is 7.16. The van der Waals surface area contributed by atoms with E-state index in [9.17, 15) is 5.11 Å². The maximum atomic E-state index is 10.6. The molecule has 1 fully saturated rings. The number of imidazole rings is 1. The minimum Gasteiger partial charge on any atom is -0.388 e. The molecule has 2 heterocycles. The highest BCUT2D eigenvalue weighted by atomic mass is 16.3. The van der Waals surface area contributed by atoms with Gasteiger partial charge in [0, 0.05) is 5.39 Å². The summed E-state index contributed by atoms with van der Waals surface area (Å²) in [5, 5.41) is 11.7. The monoisotopic (exact) mass is 267 g/mol. The fourth-order valence-electron chi connectivity index (χ4n) is 3.33. The van der Waals surface area contributed by atoms with E-state index in [2.05, 4.69) is 20.6 Å². The number of hydrogen-bond acceptors (Lipinski definition) is 3. The molecule has 1 aromatic carbocycles. The van der Waals surface area contributed by atoms with Gasteiger partial charge in [-0.1, -0.05) is 31.0 Å². The third-order valence-electron chi connectivity index (χ3n) is 4.35. The van der Waals surface area contributed by atoms with E-state index >= 15 is 0 Å². The molecule has 1 saturated carbocycles. The normalized spacial score (nSPS) is 18.1. The molecule has 0 spiro atoms. The largest absolute Gasteiger partial charge is 0.388 e. The van der Waals surface area contributed by atoms with Gasteiger partial charge in [-0.25, -0.2) is 4.98 Å². The molecule has 2 aromatic heterocycles. The van der Waals surface area contributed by atoms with Crippen LogP contribution in [0.25, 0.3) is 21.9 Å². The highest BCUT2D eigenvalue weighted by Gasteiger charge is 2.32. The molecule has 0 aliphatic heterocycles. The van der Waals surface area contributed by atoms with Crippen LogP contribution in [-0.4, -0.2) is 25.2 Å². The topological polar surface area (TPSA) is 50.9 Å². The molecule has 1 aliphatic rings. The van der Waals surface area contributed by atoms with Crippen molar-refractivity contribution in [1.82, 2.24) is 14.5 Å². The SMILES string of the molecule is OC1(Cn2cnc3cnc4ccccc4c32)CCCC1. The van der Waals surface area contributed by atoms with E-state index in [-0.39, 0.29) is 0 Å². The Morgan fingerprint density at radius 2 is 1.90 bits per heavy atom. The maximum absolute atomic E-state index is 10.6. The van der Waals surface area contributed by atoms with Crippen LogP contribution in [0.1, 0.15) is 25.7 Å². The highest BCUT2D eigenvalue weighted by Crippen LogP contribution is 2.32. The summed E-state index contributed by atoms with van der Waals surface area (Å²) in [6.45, 7) is 0.623. The van der Waals surface area contributed by atoms with Gasteiger partial charge in [0.15, 0.2) is 0 Å². The summed E-state index contributed by atoms with van der Waals surface area (Å²) >= 11 is 0. The summed E-state index contributed by atoms with van der Waals surface area (Å²) in [6, 6.07) is 8.09. The van der Waals surface area contributed by atoms with Gasteiger partial charge < -0.3 is 9.67 Å². The van der Waals surface area contributed by atoms with Crippen LogP contribution in [0.3, 0.4) is 0 Å². The fourth-order valence-corrected chi connectivity index (χ4v) is 3.33. The number of fused-ring (bicyclic) bond motifs is 3. The first-order chi connectivity index (χ1) is 9.75. The average molecular weight is 267 g/mol. The zero-order valence-corrected chi connectivity index (χ0v) is 11.3. The summed E-state index contributed by atoms with van der Waals surface area (Å²) in [4.78, 5) is 8.86. The summed E-state index contributed by atoms with van der Waals surface area (Å²) in [5.74, 6) is 0. The predicted octanol–water partition coefficient (Wildman–Crippen LogP) is 2.89. The molecule has 0 amide bonds. The van der Waals surface area contributed by atoms with Gasteiger partial charge >= 0.3 is 0 Å². The molecule has 0 unspecified atom stereocenters. The predicted molar refractivity (Wildman–Crippen MR) is 78.5 cm³/mol. The van der Waals surface area contributed by atoms with Crippen molar-refractivity contribution in [2.24, 2.45) is 0 Å². The van der Waals surface area contributed by atoms with Crippen molar-refractivity contribution in [2.75, 3.05) is 0 Å². The molecule has 20 heavy (non-hydrogen) atoms. The van der Waals surface area contributed by atoms with Crippen LogP contribution < -0.4 is 0 Å². The lowest BCUT2D eigenvalue weighted by molar-refractivity contribution is 0.0310. The van der Waals surface area contributed by atoms with E-state index < -0.39 is 5.60 Å². The molecule has 0 radical (unpaired) electrons. The number of aromatic nitrogens is 3. The maximum Gasteiger partial charge on any atom is 0.107 e. The lowest BCUT2D eigenvalue weighted by atomic mass is 10.0. The van der Waals surface area contributed by atoms with Gasteiger partial charge in [-0.15, -0.1) is 0 Å². The van der Waals surface area contributed by atoms with E-state index in [4.69, 9.17) is 0 Å². The zero-order valence-electron chi connectivity index (χ0n) is 11.3. The fraction of sp³-hybridized carbons (Fsp3) is 0.375. The molecule has 4 rings (SSSR count). The van der Waals surface area contributed by atoms with Crippen molar-refractivity contribution < 1.29 is 5.11 Å². The third kappa shape index (κ3) is 1.79. The molecule has 1 aliphatic carbocycles. The number of pyridine rings is 1. The quantitative estimate of drug-likeness (QED) is 0.776. The second kappa shape index (κ2) is 4.28. The zero-order chi connectivity index (χ0) is 13.6. The van der Waals surface area contributed by atoms with E-state index in [0.717, 1.165) is 47.6 Å². The van der Waals surface area contributed by atoms with Gasteiger partial charge in [0.05, 0.1) is 35.7 Å². The second-order valence-corrected chi connectivity index (χ2v) is 5.81. The number of hydrogen-bond donors (Lipinski definition) is 1. The molecule has 102 valence electrons. The molecule has 4 nitrogen and oxygen atoms in total. The third-order valence-corrected chi connectivity index (χ3v) is 4.35. The van der Waals surface area contributed by atoms with Crippen molar-refractivity contribution in [2.45, 2.75) is 37.8 Å². The number of para-hydroxylation sites is 1. The Hall–Kier alpha value is -1.94. The molecule has 0 atom stereocenters. The Kier molecular flexibility index (Phi) is 2.54. The smallest absolute Gasteiger partial charge is 0.107 e. The molecular weight excluding hydrogens is 250 g/mol. The summed E-state index contributed by atoms with van der Waals surface area (Å²) in [7, 11) is 0. The first-order valence-corrected chi connectivity index (χ1v) is 7.16. The van der Waals surface area contributed by atoms with Crippen LogP contribution in [0.2, 0.25) is 0 Å². The van der Waals surface area contributed by atoms with Gasteiger partial charge in [0.2, 0.25) is 0 Å². The van der Waals surface area contributed by atoms with Crippen molar-refractivity contribution in [3.05, 3.63) is 36.8 Å². The van der Waals surface area contributed by atoms with Crippen LogP contribution >= 0.6 is 0 Å². The van der Waals surface area contributed by atoms with Crippen LogP contribution in [-0.2, 0) is 6.54 Å². The van der Waals surface area contributed by atoms with Gasteiger partial charge in [0.1, 0.15) is 5.52 Å². The number of benzene rings is 1. The summed E-state index contributed by atoms with van der Waals surface area (Å²) in [5.41, 5.74) is 2.37. The van der Waals surface area contributed by atoms with Crippen molar-refractivity contribution >= 4 is 21.9 Å². The van der Waals surface area contributed by atoms with E-state index in [1.807, 2.05) is 30.7 Å². The molecule has 0 saturated heterocycles. The van der Waals surface area contributed by atoms with Crippen LogP contribution in [0.15, 0.2) is 36.8 Å². The van der Waals surface area contributed by atoms with Crippen molar-refractivity contribution in [1.29, 1.82) is 0 Å². The van der Waals surface area contributed by atoms with E-state index in [0.29, 0.717) is 6.54 Å². The molecular formula is C16H17N3O. The van der Waals surface area contributed by atoms with Crippen LogP contribution in [0.4, 0.5) is 0 Å². The lowest BCUT2D eigenvalue weighted by Gasteiger charge is -2.23. The Labute approximate surface area is 117 Å². The Bertz CT molecular complexity index is 772. The first kappa shape index (κ1) is 11.9. The minimum absolute atomic E-state index is 0.571. The molecule has 3 aromatic rings. The van der Waals surface area contributed by atoms with Gasteiger partial charge in [-0.3, -0.25) is 4.98 Å². The average Bonchev–Trinajstić information content (AvgIpc) is 3.06. The van der Waals surface area contributed by atoms with Crippen molar-refractivity contribution in [3.8, 4) is 0 Å². The van der Waals surface area contributed by atoms with E-state index in [1.165, 1.54) is 0 Å². The number of aliphatic hydroxyl groups is 1. The van der Waals surface area contributed by atoms with Gasteiger partial charge in [-0.05, 0) is 18.9 Å². The number of nitrogens with zero attached hydrogens (tertiary/aromatic N) is 3. The summed E-state index contributed by atoms with van der Waals surface area (Å²) < 4.78 is 2.09. The van der Waals surface area contributed by atoms with E-state index in [1.54, 1.807) is 0 Å². The minimum atomic E-state index is -0.571. The Morgan fingerprint density at radius 3 is 2.75 bits per heavy atom. The van der Waals surface area contributed by atoms with Crippen LogP contribution in [0.5, 0.6) is 0 Å². The Morgan fingerprint density at radius 1 is 1.10 bits per heavy atom. The van der Waals surface area contributed by atoms with Crippen molar-refractivity contribution in [3.63, 3.8) is 0 Å². The molecule has 4 heteroatoms. The Balaban J connectivity index is 1.89. The van der Waals surface area contributed by atoms with Gasteiger partial charge in [-0.2, -0.15) is 0 Å². The molecule has 0 bridgehead atoms. The summed E-state index contributed by atoms with van der Waals surface area (Å²) in [6.07, 6.45) is 7.64. The second-order valence-electron chi connectivity index (χ2n) is 5.81. The standard InChI is InChI=1S/C16H17N3O/c20-16(7-3-4-8-16)10-19-11-18-14-9-17-13-6-2-1-5-12(13)15(14)19/h1-2,5-6,9,11,20H,3-4,7-8,10H2. The highest BCUT2D eigenvalue weighted by molar-refractivity contribution is 6.01. The lowest BCUT2D eigenvalue weighted by Crippen LogP contribution is -2.30. The molecule has 1 N–H and O–H groups in total.